The van der Waals surface area contributed by atoms with Crippen molar-refractivity contribution in [3.8, 4) is 0 Å². The van der Waals surface area contributed by atoms with Gasteiger partial charge in [0, 0.05) is 18.3 Å². The van der Waals surface area contributed by atoms with Gasteiger partial charge in [0.05, 0.1) is 11.4 Å². The van der Waals surface area contributed by atoms with Gasteiger partial charge in [-0.3, -0.25) is 4.98 Å². The Balaban J connectivity index is 1.86. The van der Waals surface area contributed by atoms with E-state index in [0.717, 1.165) is 11.4 Å². The number of pyridine rings is 1. The Morgan fingerprint density at radius 2 is 2.50 bits per heavy atom. The first-order chi connectivity index (χ1) is 7.75. The van der Waals surface area contributed by atoms with Crippen molar-refractivity contribution in [2.45, 2.75) is 45.2 Å². The zero-order valence-electron chi connectivity index (χ0n) is 10.2. The molecule has 2 atom stereocenters. The standard InChI is InChI=1S/C13H21N3/c1-10(9-12-5-3-8-15-12)16-13-6-4-7-14-11(13)2/h4,6-7,10,12,15-16H,3,5,8-9H2,1-2H3. The summed E-state index contributed by atoms with van der Waals surface area (Å²) < 4.78 is 0. The molecule has 0 saturated carbocycles. The molecule has 16 heavy (non-hydrogen) atoms. The molecule has 2 heterocycles. The fourth-order valence-corrected chi connectivity index (χ4v) is 2.35. The maximum atomic E-state index is 4.29. The summed E-state index contributed by atoms with van der Waals surface area (Å²) in [6.07, 6.45) is 5.67. The van der Waals surface area contributed by atoms with E-state index in [1.54, 1.807) is 0 Å². The second-order valence-corrected chi connectivity index (χ2v) is 4.71. The summed E-state index contributed by atoms with van der Waals surface area (Å²) in [6.45, 7) is 5.47. The Hall–Kier alpha value is -1.09. The molecular formula is C13H21N3. The number of hydrogen-bond acceptors (Lipinski definition) is 3. The number of hydrogen-bond donors (Lipinski definition) is 2. The SMILES string of the molecule is Cc1ncccc1NC(C)CC1CCCN1. The van der Waals surface area contributed by atoms with Gasteiger partial charge in [-0.25, -0.2) is 0 Å². The lowest BCUT2D eigenvalue weighted by molar-refractivity contribution is 0.523. The van der Waals surface area contributed by atoms with E-state index in [9.17, 15) is 0 Å². The first-order valence-electron chi connectivity index (χ1n) is 6.17. The van der Waals surface area contributed by atoms with Crippen LogP contribution in [-0.4, -0.2) is 23.6 Å². The van der Waals surface area contributed by atoms with E-state index in [4.69, 9.17) is 0 Å². The molecular weight excluding hydrogens is 198 g/mol. The molecule has 3 nitrogen and oxygen atoms in total. The van der Waals surface area contributed by atoms with E-state index in [1.165, 1.54) is 25.8 Å². The van der Waals surface area contributed by atoms with Crippen LogP contribution < -0.4 is 10.6 Å². The molecule has 0 amide bonds. The average Bonchev–Trinajstić information content (AvgIpc) is 2.74. The summed E-state index contributed by atoms with van der Waals surface area (Å²) in [5.41, 5.74) is 2.24. The fraction of sp³-hybridized carbons (Fsp3) is 0.615. The monoisotopic (exact) mass is 219 g/mol. The average molecular weight is 219 g/mol. The zero-order valence-corrected chi connectivity index (χ0v) is 10.2. The second-order valence-electron chi connectivity index (χ2n) is 4.71. The molecule has 1 aromatic rings. The number of rotatable bonds is 4. The van der Waals surface area contributed by atoms with Gasteiger partial charge in [0.1, 0.15) is 0 Å². The zero-order chi connectivity index (χ0) is 11.4. The second kappa shape index (κ2) is 5.30. The van der Waals surface area contributed by atoms with Crippen LogP contribution in [0.5, 0.6) is 0 Å². The highest BCUT2D eigenvalue weighted by molar-refractivity contribution is 5.47. The molecule has 88 valence electrons. The largest absolute Gasteiger partial charge is 0.381 e. The van der Waals surface area contributed by atoms with Crippen molar-refractivity contribution < 1.29 is 0 Å². The van der Waals surface area contributed by atoms with E-state index < -0.39 is 0 Å². The van der Waals surface area contributed by atoms with Gasteiger partial charge in [0.15, 0.2) is 0 Å². The van der Waals surface area contributed by atoms with E-state index in [-0.39, 0.29) is 0 Å². The maximum absolute atomic E-state index is 4.29. The summed E-state index contributed by atoms with van der Waals surface area (Å²) in [6, 6.07) is 5.27. The number of anilines is 1. The molecule has 1 saturated heterocycles. The van der Waals surface area contributed by atoms with Crippen LogP contribution in [0, 0.1) is 6.92 Å². The molecule has 1 aliphatic rings. The first kappa shape index (κ1) is 11.4. The third-order valence-corrected chi connectivity index (χ3v) is 3.21. The molecule has 0 spiro atoms. The van der Waals surface area contributed by atoms with E-state index >= 15 is 0 Å². The van der Waals surface area contributed by atoms with Crippen LogP contribution in [-0.2, 0) is 0 Å². The summed E-state index contributed by atoms with van der Waals surface area (Å²) in [4.78, 5) is 4.29. The van der Waals surface area contributed by atoms with Crippen molar-refractivity contribution in [3.63, 3.8) is 0 Å². The van der Waals surface area contributed by atoms with Crippen molar-refractivity contribution in [2.24, 2.45) is 0 Å². The predicted octanol–water partition coefficient (Wildman–Crippen LogP) is 2.33. The van der Waals surface area contributed by atoms with E-state index in [1.807, 2.05) is 19.2 Å². The van der Waals surface area contributed by atoms with E-state index in [0.29, 0.717) is 12.1 Å². The third-order valence-electron chi connectivity index (χ3n) is 3.21. The lowest BCUT2D eigenvalue weighted by Gasteiger charge is -2.20. The van der Waals surface area contributed by atoms with Gasteiger partial charge in [-0.1, -0.05) is 0 Å². The van der Waals surface area contributed by atoms with Crippen molar-refractivity contribution in [3.05, 3.63) is 24.0 Å². The normalized spacial score (nSPS) is 22.0. The van der Waals surface area contributed by atoms with Crippen molar-refractivity contribution >= 4 is 5.69 Å². The molecule has 2 unspecified atom stereocenters. The molecule has 0 radical (unpaired) electrons. The molecule has 3 heteroatoms. The molecule has 1 fully saturated rings. The van der Waals surface area contributed by atoms with Crippen LogP contribution in [0.15, 0.2) is 18.3 Å². The van der Waals surface area contributed by atoms with Gasteiger partial charge >= 0.3 is 0 Å². The maximum Gasteiger partial charge on any atom is 0.0603 e. The van der Waals surface area contributed by atoms with Crippen LogP contribution in [0.4, 0.5) is 5.69 Å². The lowest BCUT2D eigenvalue weighted by Crippen LogP contribution is -2.29. The van der Waals surface area contributed by atoms with Crippen LogP contribution >= 0.6 is 0 Å². The summed E-state index contributed by atoms with van der Waals surface area (Å²) >= 11 is 0. The van der Waals surface area contributed by atoms with Crippen molar-refractivity contribution in [2.75, 3.05) is 11.9 Å². The minimum Gasteiger partial charge on any atom is -0.381 e. The van der Waals surface area contributed by atoms with Gasteiger partial charge < -0.3 is 10.6 Å². The lowest BCUT2D eigenvalue weighted by atomic mass is 10.1. The third kappa shape index (κ3) is 2.95. The van der Waals surface area contributed by atoms with Crippen LogP contribution in [0.2, 0.25) is 0 Å². The van der Waals surface area contributed by atoms with Gasteiger partial charge in [0.25, 0.3) is 0 Å². The summed E-state index contributed by atoms with van der Waals surface area (Å²) in [5.74, 6) is 0. The van der Waals surface area contributed by atoms with Crippen molar-refractivity contribution in [1.82, 2.24) is 10.3 Å². The van der Waals surface area contributed by atoms with Gasteiger partial charge in [0.2, 0.25) is 0 Å². The number of nitrogens with zero attached hydrogens (tertiary/aromatic N) is 1. The number of aryl methyl sites for hydroxylation is 1. The molecule has 0 aliphatic carbocycles. The van der Waals surface area contributed by atoms with E-state index in [2.05, 4.69) is 28.6 Å². The molecule has 1 aliphatic heterocycles. The Morgan fingerprint density at radius 1 is 1.62 bits per heavy atom. The van der Waals surface area contributed by atoms with Gasteiger partial charge in [-0.15, -0.1) is 0 Å². The number of aromatic nitrogens is 1. The molecule has 1 aromatic heterocycles. The molecule has 2 N–H and O–H groups in total. The first-order valence-corrected chi connectivity index (χ1v) is 6.17. The van der Waals surface area contributed by atoms with Gasteiger partial charge in [-0.2, -0.15) is 0 Å². The van der Waals surface area contributed by atoms with Gasteiger partial charge in [-0.05, 0) is 51.8 Å². The highest BCUT2D eigenvalue weighted by Gasteiger charge is 2.17. The highest BCUT2D eigenvalue weighted by Crippen LogP contribution is 2.16. The van der Waals surface area contributed by atoms with Crippen LogP contribution in [0.25, 0.3) is 0 Å². The van der Waals surface area contributed by atoms with Crippen LogP contribution in [0.1, 0.15) is 31.9 Å². The quantitative estimate of drug-likeness (QED) is 0.816. The smallest absolute Gasteiger partial charge is 0.0603 e. The van der Waals surface area contributed by atoms with Crippen molar-refractivity contribution in [1.29, 1.82) is 0 Å². The highest BCUT2D eigenvalue weighted by atomic mass is 15.0. The Kier molecular flexibility index (Phi) is 3.78. The Morgan fingerprint density at radius 3 is 3.19 bits per heavy atom. The Bertz CT molecular complexity index is 332. The topological polar surface area (TPSA) is 37.0 Å². The predicted molar refractivity (Wildman–Crippen MR) is 67.7 cm³/mol. The summed E-state index contributed by atoms with van der Waals surface area (Å²) in [5, 5.41) is 7.07. The molecule has 0 aromatic carbocycles. The minimum absolute atomic E-state index is 0.499. The Labute approximate surface area is 97.7 Å². The summed E-state index contributed by atoms with van der Waals surface area (Å²) in [7, 11) is 0. The minimum atomic E-state index is 0.499. The molecule has 0 bridgehead atoms. The fourth-order valence-electron chi connectivity index (χ4n) is 2.35. The molecule has 2 rings (SSSR count). The number of nitrogens with one attached hydrogen (secondary N) is 2. The van der Waals surface area contributed by atoms with Crippen LogP contribution in [0.3, 0.4) is 0 Å².